The van der Waals surface area contributed by atoms with E-state index >= 15 is 0 Å². The van der Waals surface area contributed by atoms with Crippen molar-refractivity contribution in [2.75, 3.05) is 0 Å². The van der Waals surface area contributed by atoms with E-state index < -0.39 is 12.3 Å². The molecule has 72 valence electrons. The van der Waals surface area contributed by atoms with Gasteiger partial charge in [-0.05, 0) is 12.3 Å². The minimum atomic E-state index is -1.46. The van der Waals surface area contributed by atoms with E-state index in [1.807, 2.05) is 0 Å². The molecule has 4 nitrogen and oxygen atoms in total. The molecule has 0 aromatic carbocycles. The number of carboxylic acids is 1. The Bertz CT molecular complexity index is 252. The lowest BCUT2D eigenvalue weighted by molar-refractivity contribution is -0.137. The standard InChI is InChI=1S/C9H12O4/c10-8(11)5-6-1-3-7(4-2-6)9(12)13/h1,3-4,6,9,12-13H,2,5H2,(H,10,11). The molecule has 0 spiro atoms. The van der Waals surface area contributed by atoms with Crippen LogP contribution in [0.3, 0.4) is 0 Å². The number of aliphatic hydroxyl groups is 2. The third-order valence-electron chi connectivity index (χ3n) is 1.95. The average Bonchev–Trinajstić information content (AvgIpc) is 2.04. The number of hydrogen-bond acceptors (Lipinski definition) is 3. The van der Waals surface area contributed by atoms with E-state index in [4.69, 9.17) is 15.3 Å². The highest BCUT2D eigenvalue weighted by Gasteiger charge is 2.14. The lowest BCUT2D eigenvalue weighted by atomic mass is 9.94. The zero-order chi connectivity index (χ0) is 9.84. The molecule has 1 atom stereocenters. The first kappa shape index (κ1) is 9.95. The molecule has 1 aliphatic rings. The second kappa shape index (κ2) is 4.20. The Balaban J connectivity index is 2.48. The van der Waals surface area contributed by atoms with E-state index in [1.54, 1.807) is 18.2 Å². The molecule has 0 saturated heterocycles. The van der Waals surface area contributed by atoms with E-state index in [9.17, 15) is 4.79 Å². The van der Waals surface area contributed by atoms with Crippen molar-refractivity contribution >= 4 is 5.97 Å². The van der Waals surface area contributed by atoms with Crippen molar-refractivity contribution in [3.05, 3.63) is 23.8 Å². The minimum Gasteiger partial charge on any atom is -0.481 e. The molecule has 1 aliphatic carbocycles. The van der Waals surface area contributed by atoms with Crippen LogP contribution in [0.1, 0.15) is 12.8 Å². The molecular weight excluding hydrogens is 172 g/mol. The molecule has 0 aromatic rings. The maximum Gasteiger partial charge on any atom is 0.303 e. The zero-order valence-electron chi connectivity index (χ0n) is 7.05. The van der Waals surface area contributed by atoms with Crippen LogP contribution < -0.4 is 0 Å². The summed E-state index contributed by atoms with van der Waals surface area (Å²) < 4.78 is 0. The largest absolute Gasteiger partial charge is 0.481 e. The van der Waals surface area contributed by atoms with Crippen LogP contribution in [0.4, 0.5) is 0 Å². The Morgan fingerprint density at radius 1 is 1.62 bits per heavy atom. The van der Waals surface area contributed by atoms with E-state index in [2.05, 4.69) is 0 Å². The molecule has 1 unspecified atom stereocenters. The van der Waals surface area contributed by atoms with Crippen molar-refractivity contribution < 1.29 is 20.1 Å². The molecule has 1 rings (SSSR count). The predicted octanol–water partition coefficient (Wildman–Crippen LogP) is 0.274. The van der Waals surface area contributed by atoms with Crippen molar-refractivity contribution in [1.29, 1.82) is 0 Å². The second-order valence-electron chi connectivity index (χ2n) is 3.03. The number of rotatable bonds is 3. The minimum absolute atomic E-state index is 0.0278. The summed E-state index contributed by atoms with van der Waals surface area (Å²) in [7, 11) is 0. The van der Waals surface area contributed by atoms with Gasteiger partial charge in [0.15, 0.2) is 6.29 Å². The Morgan fingerprint density at radius 2 is 2.31 bits per heavy atom. The van der Waals surface area contributed by atoms with Crippen LogP contribution in [0.15, 0.2) is 23.8 Å². The highest BCUT2D eigenvalue weighted by atomic mass is 16.5. The van der Waals surface area contributed by atoms with Crippen molar-refractivity contribution in [1.82, 2.24) is 0 Å². The summed E-state index contributed by atoms with van der Waals surface area (Å²) >= 11 is 0. The SMILES string of the molecule is O=C(O)CC1C=CC(C(O)O)=CC1. The van der Waals surface area contributed by atoms with Crippen molar-refractivity contribution in [2.24, 2.45) is 5.92 Å². The van der Waals surface area contributed by atoms with Gasteiger partial charge in [0.2, 0.25) is 0 Å². The summed E-state index contributed by atoms with van der Waals surface area (Å²) in [6, 6.07) is 0. The van der Waals surface area contributed by atoms with Crippen LogP contribution in [-0.4, -0.2) is 27.6 Å². The van der Waals surface area contributed by atoms with Gasteiger partial charge in [0, 0.05) is 5.57 Å². The van der Waals surface area contributed by atoms with E-state index in [0.29, 0.717) is 12.0 Å². The average molecular weight is 184 g/mol. The van der Waals surface area contributed by atoms with Gasteiger partial charge in [-0.15, -0.1) is 0 Å². The lowest BCUT2D eigenvalue weighted by Gasteiger charge is -2.14. The third-order valence-corrected chi connectivity index (χ3v) is 1.95. The maximum absolute atomic E-state index is 10.3. The number of carboxylic acid groups (broad SMARTS) is 1. The molecule has 0 radical (unpaired) electrons. The van der Waals surface area contributed by atoms with Crippen LogP contribution in [-0.2, 0) is 4.79 Å². The molecule has 0 aliphatic heterocycles. The van der Waals surface area contributed by atoms with Crippen molar-refractivity contribution in [3.63, 3.8) is 0 Å². The summed E-state index contributed by atoms with van der Waals surface area (Å²) in [6.45, 7) is 0. The first-order chi connectivity index (χ1) is 6.09. The second-order valence-corrected chi connectivity index (χ2v) is 3.03. The zero-order valence-corrected chi connectivity index (χ0v) is 7.05. The van der Waals surface area contributed by atoms with E-state index in [1.165, 1.54) is 0 Å². The summed E-state index contributed by atoms with van der Waals surface area (Å²) in [6.07, 6.45) is 4.09. The maximum atomic E-state index is 10.3. The number of aliphatic carboxylic acids is 1. The Labute approximate surface area is 75.8 Å². The van der Waals surface area contributed by atoms with Crippen LogP contribution in [0.25, 0.3) is 0 Å². The highest BCUT2D eigenvalue weighted by molar-refractivity contribution is 5.67. The fourth-order valence-electron chi connectivity index (χ4n) is 1.25. The molecule has 0 saturated carbocycles. The third kappa shape index (κ3) is 3.01. The first-order valence-electron chi connectivity index (χ1n) is 4.06. The number of hydrogen-bond donors (Lipinski definition) is 3. The van der Waals surface area contributed by atoms with Crippen molar-refractivity contribution in [2.45, 2.75) is 19.1 Å². The fourth-order valence-corrected chi connectivity index (χ4v) is 1.25. The molecule has 0 amide bonds. The van der Waals surface area contributed by atoms with Gasteiger partial charge in [-0.25, -0.2) is 0 Å². The van der Waals surface area contributed by atoms with Gasteiger partial charge in [-0.1, -0.05) is 18.2 Å². The molecule has 0 heterocycles. The van der Waals surface area contributed by atoms with Crippen LogP contribution in [0.5, 0.6) is 0 Å². The van der Waals surface area contributed by atoms with Crippen LogP contribution in [0, 0.1) is 5.92 Å². The lowest BCUT2D eigenvalue weighted by Crippen LogP contribution is -2.12. The number of aliphatic hydroxyl groups excluding tert-OH is 1. The van der Waals surface area contributed by atoms with Gasteiger partial charge in [0.05, 0.1) is 6.42 Å². The molecule has 0 fully saturated rings. The predicted molar refractivity (Wildman–Crippen MR) is 45.8 cm³/mol. The number of allylic oxidation sites excluding steroid dienone is 2. The Kier molecular flexibility index (Phi) is 3.22. The monoisotopic (exact) mass is 184 g/mol. The normalized spacial score (nSPS) is 21.8. The molecule has 13 heavy (non-hydrogen) atoms. The molecule has 4 heteroatoms. The van der Waals surface area contributed by atoms with E-state index in [0.717, 1.165) is 0 Å². The summed E-state index contributed by atoms with van der Waals surface area (Å²) in [5, 5.41) is 26.0. The van der Waals surface area contributed by atoms with Gasteiger partial charge in [0.25, 0.3) is 0 Å². The van der Waals surface area contributed by atoms with Crippen molar-refractivity contribution in [3.8, 4) is 0 Å². The van der Waals surface area contributed by atoms with Gasteiger partial charge >= 0.3 is 5.97 Å². The van der Waals surface area contributed by atoms with Crippen LogP contribution in [0.2, 0.25) is 0 Å². The van der Waals surface area contributed by atoms with Gasteiger partial charge in [-0.3, -0.25) is 4.79 Å². The van der Waals surface area contributed by atoms with Crippen LogP contribution >= 0.6 is 0 Å². The molecule has 0 aromatic heterocycles. The van der Waals surface area contributed by atoms with Gasteiger partial charge in [0.1, 0.15) is 0 Å². The molecular formula is C9H12O4. The summed E-state index contributed by atoms with van der Waals surface area (Å²) in [5.41, 5.74) is 0.432. The summed E-state index contributed by atoms with van der Waals surface area (Å²) in [4.78, 5) is 10.3. The molecule has 3 N–H and O–H groups in total. The van der Waals surface area contributed by atoms with Gasteiger partial charge in [-0.2, -0.15) is 0 Å². The summed E-state index contributed by atoms with van der Waals surface area (Å²) in [5.74, 6) is -0.865. The topological polar surface area (TPSA) is 77.8 Å². The fraction of sp³-hybridized carbons (Fsp3) is 0.444. The number of carbonyl (C=O) groups is 1. The first-order valence-corrected chi connectivity index (χ1v) is 4.06. The van der Waals surface area contributed by atoms with Gasteiger partial charge < -0.3 is 15.3 Å². The Hall–Kier alpha value is -1.13. The quantitative estimate of drug-likeness (QED) is 0.550. The van der Waals surface area contributed by atoms with E-state index in [-0.39, 0.29) is 12.3 Å². The molecule has 0 bridgehead atoms. The highest BCUT2D eigenvalue weighted by Crippen LogP contribution is 2.20. The Morgan fingerprint density at radius 3 is 2.69 bits per heavy atom. The smallest absolute Gasteiger partial charge is 0.303 e.